The van der Waals surface area contributed by atoms with Crippen LogP contribution in [0.15, 0.2) is 48.5 Å². The summed E-state index contributed by atoms with van der Waals surface area (Å²) in [5, 5.41) is 8.88. The second-order valence-corrected chi connectivity index (χ2v) is 4.93. The fourth-order valence-electron chi connectivity index (χ4n) is 2.08. The van der Waals surface area contributed by atoms with Crippen LogP contribution < -0.4 is 4.74 Å². The lowest BCUT2D eigenvalue weighted by Crippen LogP contribution is -2.10. The fourth-order valence-corrected chi connectivity index (χ4v) is 2.08. The van der Waals surface area contributed by atoms with Crippen molar-refractivity contribution in [3.8, 4) is 11.8 Å². The van der Waals surface area contributed by atoms with Crippen molar-refractivity contribution in [3.63, 3.8) is 0 Å². The first-order chi connectivity index (χ1) is 10.2. The number of carbonyl (C=O) groups is 1. The predicted molar refractivity (Wildman–Crippen MR) is 81.3 cm³/mol. The molecule has 0 fully saturated rings. The molecule has 1 unspecified atom stereocenters. The van der Waals surface area contributed by atoms with Crippen LogP contribution in [-0.4, -0.2) is 5.97 Å². The van der Waals surface area contributed by atoms with Gasteiger partial charge in [-0.15, -0.1) is 0 Å². The molecular formula is C18H17NO2. The number of nitriles is 1. The van der Waals surface area contributed by atoms with E-state index in [0.29, 0.717) is 22.8 Å². The van der Waals surface area contributed by atoms with Crippen LogP contribution >= 0.6 is 0 Å². The molecule has 0 aromatic heterocycles. The Kier molecular flexibility index (Phi) is 4.73. The quantitative estimate of drug-likeness (QED) is 0.619. The third-order valence-electron chi connectivity index (χ3n) is 3.49. The molecule has 21 heavy (non-hydrogen) atoms. The molecule has 106 valence electrons. The van der Waals surface area contributed by atoms with E-state index in [4.69, 9.17) is 10.00 Å². The summed E-state index contributed by atoms with van der Waals surface area (Å²) < 4.78 is 5.51. The van der Waals surface area contributed by atoms with Crippen molar-refractivity contribution in [2.24, 2.45) is 0 Å². The van der Waals surface area contributed by atoms with Crippen LogP contribution in [0.4, 0.5) is 0 Å². The molecule has 0 radical (unpaired) electrons. The zero-order valence-electron chi connectivity index (χ0n) is 12.2. The summed E-state index contributed by atoms with van der Waals surface area (Å²) in [4.78, 5) is 12.2. The number of para-hydroxylation sites is 1. The van der Waals surface area contributed by atoms with Gasteiger partial charge in [-0.25, -0.2) is 4.79 Å². The van der Waals surface area contributed by atoms with Gasteiger partial charge in [-0.1, -0.05) is 38.1 Å². The number of hydrogen-bond donors (Lipinski definition) is 0. The van der Waals surface area contributed by atoms with Gasteiger partial charge in [0.2, 0.25) is 0 Å². The van der Waals surface area contributed by atoms with Gasteiger partial charge >= 0.3 is 5.97 Å². The van der Waals surface area contributed by atoms with Gasteiger partial charge in [0.1, 0.15) is 5.75 Å². The molecule has 0 bridgehead atoms. The lowest BCUT2D eigenvalue weighted by molar-refractivity contribution is 0.0732. The van der Waals surface area contributed by atoms with Crippen LogP contribution in [0.1, 0.15) is 47.7 Å². The number of benzene rings is 2. The van der Waals surface area contributed by atoms with Gasteiger partial charge in [-0.3, -0.25) is 0 Å². The summed E-state index contributed by atoms with van der Waals surface area (Å²) >= 11 is 0. The molecule has 2 aromatic carbocycles. The van der Waals surface area contributed by atoms with Crippen LogP contribution in [-0.2, 0) is 0 Å². The SMILES string of the molecule is CCC(C)c1ccccc1OC(=O)c1cccc(C#N)c1. The molecule has 0 N–H and O–H groups in total. The number of esters is 1. The van der Waals surface area contributed by atoms with Gasteiger partial charge in [-0.2, -0.15) is 5.26 Å². The van der Waals surface area contributed by atoms with Crippen molar-refractivity contribution in [2.45, 2.75) is 26.2 Å². The third-order valence-corrected chi connectivity index (χ3v) is 3.49. The minimum absolute atomic E-state index is 0.319. The van der Waals surface area contributed by atoms with Crippen molar-refractivity contribution in [1.29, 1.82) is 5.26 Å². The summed E-state index contributed by atoms with van der Waals surface area (Å²) in [6, 6.07) is 16.1. The Hall–Kier alpha value is -2.60. The Morgan fingerprint density at radius 1 is 1.24 bits per heavy atom. The van der Waals surface area contributed by atoms with E-state index in [1.165, 1.54) is 6.07 Å². The van der Waals surface area contributed by atoms with Crippen LogP contribution in [0.3, 0.4) is 0 Å². The van der Waals surface area contributed by atoms with Crippen LogP contribution in [0.25, 0.3) is 0 Å². The minimum atomic E-state index is -0.442. The average Bonchev–Trinajstić information content (AvgIpc) is 2.54. The number of nitrogens with zero attached hydrogens (tertiary/aromatic N) is 1. The normalized spacial score (nSPS) is 11.5. The second-order valence-electron chi connectivity index (χ2n) is 4.93. The first kappa shape index (κ1) is 14.8. The van der Waals surface area contributed by atoms with Gasteiger partial charge in [0.15, 0.2) is 0 Å². The molecule has 0 spiro atoms. The maximum atomic E-state index is 12.2. The molecule has 0 heterocycles. The Labute approximate surface area is 124 Å². The molecule has 2 aromatic rings. The highest BCUT2D eigenvalue weighted by Crippen LogP contribution is 2.29. The molecule has 2 rings (SSSR count). The topological polar surface area (TPSA) is 50.1 Å². The second kappa shape index (κ2) is 6.71. The van der Waals surface area contributed by atoms with Crippen molar-refractivity contribution < 1.29 is 9.53 Å². The van der Waals surface area contributed by atoms with Gasteiger partial charge in [-0.05, 0) is 42.2 Å². The summed E-state index contributed by atoms with van der Waals surface area (Å²) in [6.07, 6.45) is 0.971. The molecule has 0 aliphatic heterocycles. The zero-order valence-corrected chi connectivity index (χ0v) is 12.2. The zero-order chi connectivity index (χ0) is 15.2. The highest BCUT2D eigenvalue weighted by molar-refractivity contribution is 5.91. The summed E-state index contributed by atoms with van der Waals surface area (Å²) in [7, 11) is 0. The van der Waals surface area contributed by atoms with Crippen molar-refractivity contribution in [1.82, 2.24) is 0 Å². The summed E-state index contributed by atoms with van der Waals surface area (Å²) in [5.41, 5.74) is 1.84. The Bertz CT molecular complexity index is 686. The highest BCUT2D eigenvalue weighted by Gasteiger charge is 2.14. The van der Waals surface area contributed by atoms with Crippen molar-refractivity contribution in [3.05, 3.63) is 65.2 Å². The fraction of sp³-hybridized carbons (Fsp3) is 0.222. The van der Waals surface area contributed by atoms with E-state index in [1.54, 1.807) is 24.3 Å². The number of rotatable bonds is 4. The van der Waals surface area contributed by atoms with Crippen LogP contribution in [0.5, 0.6) is 5.75 Å². The first-order valence-electron chi connectivity index (χ1n) is 6.97. The number of ether oxygens (including phenoxy) is 1. The molecule has 0 amide bonds. The summed E-state index contributed by atoms with van der Waals surface area (Å²) in [5.74, 6) is 0.460. The smallest absolute Gasteiger partial charge is 0.343 e. The van der Waals surface area contributed by atoms with E-state index in [9.17, 15) is 4.79 Å². The lowest BCUT2D eigenvalue weighted by Gasteiger charge is -2.14. The minimum Gasteiger partial charge on any atom is -0.423 e. The standard InChI is InChI=1S/C18H17NO2/c1-3-13(2)16-9-4-5-10-17(16)21-18(20)15-8-6-7-14(11-15)12-19/h4-11,13H,3H2,1-2H3. The molecule has 3 heteroatoms. The number of carbonyl (C=O) groups excluding carboxylic acids is 1. The van der Waals surface area contributed by atoms with Gasteiger partial charge < -0.3 is 4.74 Å². The molecule has 0 aliphatic carbocycles. The Balaban J connectivity index is 2.26. The number of hydrogen-bond acceptors (Lipinski definition) is 3. The van der Waals surface area contributed by atoms with E-state index < -0.39 is 5.97 Å². The summed E-state index contributed by atoms with van der Waals surface area (Å²) in [6.45, 7) is 4.20. The molecule has 0 saturated carbocycles. The molecular weight excluding hydrogens is 262 g/mol. The highest BCUT2D eigenvalue weighted by atomic mass is 16.5. The van der Waals surface area contributed by atoms with Crippen molar-refractivity contribution >= 4 is 5.97 Å². The van der Waals surface area contributed by atoms with Gasteiger partial charge in [0.05, 0.1) is 17.2 Å². The monoisotopic (exact) mass is 279 g/mol. The maximum Gasteiger partial charge on any atom is 0.343 e. The van der Waals surface area contributed by atoms with E-state index in [1.807, 2.05) is 24.3 Å². The van der Waals surface area contributed by atoms with Gasteiger partial charge in [0.25, 0.3) is 0 Å². The molecule has 0 saturated heterocycles. The molecule has 1 atom stereocenters. The first-order valence-corrected chi connectivity index (χ1v) is 6.97. The van der Waals surface area contributed by atoms with E-state index in [-0.39, 0.29) is 0 Å². The molecule has 0 aliphatic rings. The van der Waals surface area contributed by atoms with E-state index >= 15 is 0 Å². The average molecular weight is 279 g/mol. The van der Waals surface area contributed by atoms with Crippen molar-refractivity contribution in [2.75, 3.05) is 0 Å². The van der Waals surface area contributed by atoms with E-state index in [0.717, 1.165) is 12.0 Å². The predicted octanol–water partition coefficient (Wildman–Crippen LogP) is 4.29. The molecule has 3 nitrogen and oxygen atoms in total. The van der Waals surface area contributed by atoms with E-state index in [2.05, 4.69) is 13.8 Å². The maximum absolute atomic E-state index is 12.2. The van der Waals surface area contributed by atoms with Crippen LogP contribution in [0.2, 0.25) is 0 Å². The van der Waals surface area contributed by atoms with Crippen LogP contribution in [0, 0.1) is 11.3 Å². The third kappa shape index (κ3) is 3.49. The Morgan fingerprint density at radius 3 is 2.71 bits per heavy atom. The lowest BCUT2D eigenvalue weighted by atomic mass is 9.98. The largest absolute Gasteiger partial charge is 0.423 e. The Morgan fingerprint density at radius 2 is 2.00 bits per heavy atom. The van der Waals surface area contributed by atoms with Gasteiger partial charge in [0, 0.05) is 0 Å².